The van der Waals surface area contributed by atoms with Gasteiger partial charge in [0.15, 0.2) is 0 Å². The maximum Gasteiger partial charge on any atom is 0.145 e. The molecular weight excluding hydrogens is 681 g/mol. The Balaban J connectivity index is 1.01. The molecule has 1 unspecified atom stereocenters. The van der Waals surface area contributed by atoms with Gasteiger partial charge in [-0.2, -0.15) is 0 Å². The second kappa shape index (κ2) is 13.0. The lowest BCUT2D eigenvalue weighted by atomic mass is 9.66. The van der Waals surface area contributed by atoms with Crippen molar-refractivity contribution in [2.45, 2.75) is 11.6 Å². The van der Waals surface area contributed by atoms with Crippen LogP contribution in [0.4, 0.5) is 0 Å². The average molecular weight is 717 g/mol. The predicted octanol–water partition coefficient (Wildman–Crippen LogP) is 12.6. The molecule has 1 spiro atoms. The van der Waals surface area contributed by atoms with Crippen LogP contribution in [-0.4, -0.2) is 5.71 Å². The van der Waals surface area contributed by atoms with Crippen molar-refractivity contribution in [1.29, 1.82) is 0 Å². The number of nitrogens with one attached hydrogen (secondary N) is 1. The van der Waals surface area contributed by atoms with Gasteiger partial charge in [-0.3, -0.25) is 4.99 Å². The number of fused-ring (bicyclic) bond motifs is 9. The predicted molar refractivity (Wildman–Crippen MR) is 228 cm³/mol. The second-order valence-corrected chi connectivity index (χ2v) is 14.7. The van der Waals surface area contributed by atoms with E-state index in [9.17, 15) is 0 Å². The SMILES string of the molecule is C1=C(c2ccccc2)NC(c2ccccc2)N=C1c1cccc(-c2cccc(-c3ccc4c(c3)C3(c5ccccc5O4)c4ccccc4-c4ccccc43)c2)c1. The van der Waals surface area contributed by atoms with E-state index in [2.05, 4.69) is 206 Å². The van der Waals surface area contributed by atoms with E-state index in [-0.39, 0.29) is 6.17 Å². The molecule has 1 atom stereocenters. The third-order valence-electron chi connectivity index (χ3n) is 11.6. The number of nitrogens with zero attached hydrogens (tertiary/aromatic N) is 1. The number of hydrogen-bond donors (Lipinski definition) is 1. The van der Waals surface area contributed by atoms with E-state index in [0.717, 1.165) is 67.4 Å². The van der Waals surface area contributed by atoms with Crippen LogP contribution >= 0.6 is 0 Å². The fourth-order valence-electron chi connectivity index (χ4n) is 9.04. The van der Waals surface area contributed by atoms with Crippen molar-refractivity contribution in [3.8, 4) is 44.9 Å². The van der Waals surface area contributed by atoms with Crippen LogP contribution in [0.1, 0.15) is 45.1 Å². The Labute approximate surface area is 327 Å². The van der Waals surface area contributed by atoms with Crippen molar-refractivity contribution in [3.05, 3.63) is 245 Å². The molecule has 264 valence electrons. The third kappa shape index (κ3) is 5.09. The second-order valence-electron chi connectivity index (χ2n) is 14.7. The van der Waals surface area contributed by atoms with E-state index in [0.29, 0.717) is 0 Å². The summed E-state index contributed by atoms with van der Waals surface area (Å²) in [6.07, 6.45) is 1.98. The molecule has 8 aromatic carbocycles. The highest BCUT2D eigenvalue weighted by molar-refractivity contribution is 6.13. The van der Waals surface area contributed by atoms with Crippen LogP contribution in [0.3, 0.4) is 0 Å². The van der Waals surface area contributed by atoms with E-state index in [1.165, 1.54) is 27.8 Å². The molecule has 11 rings (SSSR count). The minimum Gasteiger partial charge on any atom is -0.457 e. The highest BCUT2D eigenvalue weighted by atomic mass is 16.5. The summed E-state index contributed by atoms with van der Waals surface area (Å²) < 4.78 is 6.70. The van der Waals surface area contributed by atoms with Gasteiger partial charge < -0.3 is 10.1 Å². The summed E-state index contributed by atoms with van der Waals surface area (Å²) in [7, 11) is 0. The first-order valence-electron chi connectivity index (χ1n) is 19.2. The van der Waals surface area contributed by atoms with Gasteiger partial charge in [0.25, 0.3) is 0 Å². The average Bonchev–Trinajstić information content (AvgIpc) is 3.57. The fourth-order valence-corrected chi connectivity index (χ4v) is 9.04. The number of allylic oxidation sites excluding steroid dienone is 1. The smallest absolute Gasteiger partial charge is 0.145 e. The van der Waals surface area contributed by atoms with E-state index >= 15 is 0 Å². The summed E-state index contributed by atoms with van der Waals surface area (Å²) in [6.45, 7) is 0. The van der Waals surface area contributed by atoms with Crippen LogP contribution in [0.15, 0.2) is 211 Å². The van der Waals surface area contributed by atoms with Crippen molar-refractivity contribution in [1.82, 2.24) is 5.32 Å². The number of aliphatic imine (C=N–C) groups is 1. The van der Waals surface area contributed by atoms with Gasteiger partial charge in [-0.15, -0.1) is 0 Å². The maximum absolute atomic E-state index is 6.70. The molecule has 3 heteroatoms. The molecule has 0 radical (unpaired) electrons. The van der Waals surface area contributed by atoms with Gasteiger partial charge in [-0.1, -0.05) is 170 Å². The van der Waals surface area contributed by atoms with Crippen molar-refractivity contribution in [3.63, 3.8) is 0 Å². The van der Waals surface area contributed by atoms with E-state index < -0.39 is 5.41 Å². The van der Waals surface area contributed by atoms with Gasteiger partial charge in [0.05, 0.1) is 11.1 Å². The Morgan fingerprint density at radius 1 is 0.411 bits per heavy atom. The van der Waals surface area contributed by atoms with Gasteiger partial charge in [0.1, 0.15) is 17.7 Å². The number of rotatable bonds is 5. The number of hydrogen-bond acceptors (Lipinski definition) is 3. The summed E-state index contributed by atoms with van der Waals surface area (Å²) in [6, 6.07) is 71.6. The lowest BCUT2D eigenvalue weighted by Gasteiger charge is -2.39. The number of para-hydroxylation sites is 1. The minimum absolute atomic E-state index is 0.194. The molecule has 8 aromatic rings. The van der Waals surface area contributed by atoms with Crippen LogP contribution in [0.2, 0.25) is 0 Å². The molecule has 2 aliphatic heterocycles. The van der Waals surface area contributed by atoms with Crippen LogP contribution in [0, 0.1) is 0 Å². The highest BCUT2D eigenvalue weighted by Gasteiger charge is 2.51. The summed E-state index contributed by atoms with van der Waals surface area (Å²) in [4.78, 5) is 5.24. The number of ether oxygens (including phenoxy) is 1. The first kappa shape index (κ1) is 32.2. The molecule has 56 heavy (non-hydrogen) atoms. The standard InChI is InChI=1S/C53H36N2O/c1-3-15-35(16-4-1)48-34-49(55-52(54-48)36-17-5-2-6-18-36)41-22-14-21-39(32-41)37-19-13-20-38(31-37)40-29-30-51-47(33-40)53(46-27-11-12-28-50(46)56-51)44-25-9-7-23-42(44)43-24-8-10-26-45(43)53/h1-34,52,54H. The topological polar surface area (TPSA) is 33.6 Å². The summed E-state index contributed by atoms with van der Waals surface area (Å²) in [5.74, 6) is 1.79. The zero-order valence-electron chi connectivity index (χ0n) is 30.6. The monoisotopic (exact) mass is 716 g/mol. The van der Waals surface area contributed by atoms with Crippen LogP contribution in [0.5, 0.6) is 11.5 Å². The molecule has 1 aliphatic carbocycles. The van der Waals surface area contributed by atoms with Crippen molar-refractivity contribution >= 4 is 11.4 Å². The maximum atomic E-state index is 6.70. The first-order valence-corrected chi connectivity index (χ1v) is 19.2. The molecule has 0 amide bonds. The van der Waals surface area contributed by atoms with Gasteiger partial charge in [-0.25, -0.2) is 0 Å². The molecule has 0 aromatic heterocycles. The first-order chi connectivity index (χ1) is 27.7. The molecular formula is C53H36N2O. The molecule has 0 bridgehead atoms. The third-order valence-corrected chi connectivity index (χ3v) is 11.6. The molecule has 0 saturated heterocycles. The van der Waals surface area contributed by atoms with E-state index in [4.69, 9.17) is 9.73 Å². The molecule has 0 fully saturated rings. The van der Waals surface area contributed by atoms with Gasteiger partial charge >= 0.3 is 0 Å². The van der Waals surface area contributed by atoms with Crippen molar-refractivity contribution in [2.75, 3.05) is 0 Å². The summed E-state index contributed by atoms with van der Waals surface area (Å²) >= 11 is 0. The minimum atomic E-state index is -0.501. The Morgan fingerprint density at radius 3 is 1.62 bits per heavy atom. The van der Waals surface area contributed by atoms with Crippen molar-refractivity contribution < 1.29 is 4.74 Å². The molecule has 1 N–H and O–H groups in total. The lowest BCUT2D eigenvalue weighted by molar-refractivity contribution is 0.436. The number of benzene rings is 8. The Morgan fingerprint density at radius 2 is 0.929 bits per heavy atom. The summed E-state index contributed by atoms with van der Waals surface area (Å²) in [5.41, 5.74) is 16.9. The molecule has 3 nitrogen and oxygen atoms in total. The summed E-state index contributed by atoms with van der Waals surface area (Å²) in [5, 5.41) is 3.68. The fraction of sp³-hybridized carbons (Fsp3) is 0.0377. The van der Waals surface area contributed by atoms with E-state index in [1.807, 2.05) is 6.07 Å². The van der Waals surface area contributed by atoms with Crippen LogP contribution in [-0.2, 0) is 5.41 Å². The Bertz CT molecular complexity index is 2830. The van der Waals surface area contributed by atoms with Gasteiger partial charge in [0, 0.05) is 22.4 Å². The van der Waals surface area contributed by atoms with Crippen LogP contribution in [0.25, 0.3) is 39.1 Å². The Kier molecular flexibility index (Phi) is 7.46. The molecule has 3 aliphatic rings. The van der Waals surface area contributed by atoms with Gasteiger partial charge in [-0.05, 0) is 92.0 Å². The largest absolute Gasteiger partial charge is 0.457 e. The normalized spacial score (nSPS) is 15.6. The molecule has 0 saturated carbocycles. The quantitative estimate of drug-likeness (QED) is 0.192. The van der Waals surface area contributed by atoms with E-state index in [1.54, 1.807) is 0 Å². The zero-order valence-corrected chi connectivity index (χ0v) is 30.6. The Hall–Kier alpha value is -7.23. The zero-order chi connectivity index (χ0) is 37.1. The van der Waals surface area contributed by atoms with Gasteiger partial charge in [0.2, 0.25) is 0 Å². The van der Waals surface area contributed by atoms with Crippen molar-refractivity contribution in [2.24, 2.45) is 4.99 Å². The molecule has 2 heterocycles. The highest BCUT2D eigenvalue weighted by Crippen LogP contribution is 2.62. The van der Waals surface area contributed by atoms with Crippen LogP contribution < -0.4 is 10.1 Å². The lowest BCUT2D eigenvalue weighted by Crippen LogP contribution is -2.32.